The normalized spacial score (nSPS) is 11.4. The summed E-state index contributed by atoms with van der Waals surface area (Å²) < 4.78 is 14.4. The number of allylic oxidation sites excluding steroid dienone is 1. The topological polar surface area (TPSA) is 83.8 Å². The van der Waals surface area contributed by atoms with E-state index in [0.717, 1.165) is 0 Å². The van der Waals surface area contributed by atoms with E-state index in [0.29, 0.717) is 24.8 Å². The molecule has 0 saturated carbocycles. The Kier molecular flexibility index (Phi) is 5.88. The number of unbranched alkanes of at least 4 members (excludes halogenated alkanes) is 1. The maximum atomic E-state index is 11.0. The molecule has 0 atom stereocenters. The molecule has 82 valence electrons. The number of hydrogen-bond donors (Lipinski definition) is 2. The molecule has 0 unspecified atom stereocenters. The van der Waals surface area contributed by atoms with Crippen molar-refractivity contribution >= 4 is 13.6 Å². The van der Waals surface area contributed by atoms with Gasteiger partial charge in [0.2, 0.25) is 0 Å². The van der Waals surface area contributed by atoms with Crippen molar-refractivity contribution in [2.45, 2.75) is 26.2 Å². The van der Waals surface area contributed by atoms with E-state index in [1.807, 2.05) is 0 Å². The molecule has 0 fully saturated rings. The average molecular weight is 222 g/mol. The van der Waals surface area contributed by atoms with Crippen LogP contribution in [-0.2, 0) is 13.9 Å². The molecular formula is C8H15O5P. The molecule has 0 aromatic rings. The van der Waals surface area contributed by atoms with Crippen LogP contribution >= 0.6 is 7.82 Å². The van der Waals surface area contributed by atoms with Crippen molar-refractivity contribution in [1.82, 2.24) is 0 Å². The van der Waals surface area contributed by atoms with Gasteiger partial charge in [-0.25, -0.2) is 4.57 Å². The molecule has 0 aromatic carbocycles. The second-order valence-electron chi connectivity index (χ2n) is 2.98. The molecule has 0 spiro atoms. The highest BCUT2D eigenvalue weighted by Gasteiger charge is 2.12. The number of carbonyl (C=O) groups excluding carboxylic acids is 1. The molecule has 6 heteroatoms. The van der Waals surface area contributed by atoms with Crippen molar-refractivity contribution in [3.8, 4) is 0 Å². The van der Waals surface area contributed by atoms with Gasteiger partial charge in [0.1, 0.15) is 0 Å². The number of phosphoric acid groups is 1. The Morgan fingerprint density at radius 1 is 1.43 bits per heavy atom. The fourth-order valence-corrected chi connectivity index (χ4v) is 1.15. The Morgan fingerprint density at radius 3 is 2.43 bits per heavy atom. The predicted molar refractivity (Wildman–Crippen MR) is 51.7 cm³/mol. The Hall–Kier alpha value is -0.480. The van der Waals surface area contributed by atoms with Gasteiger partial charge in [0, 0.05) is 6.42 Å². The fourth-order valence-electron chi connectivity index (χ4n) is 0.784. The summed E-state index contributed by atoms with van der Waals surface area (Å²) in [6.07, 6.45) is 1.34. The van der Waals surface area contributed by atoms with Gasteiger partial charge in [-0.2, -0.15) is 0 Å². The first kappa shape index (κ1) is 13.5. The first-order valence-electron chi connectivity index (χ1n) is 4.22. The van der Waals surface area contributed by atoms with Gasteiger partial charge in [0.25, 0.3) is 0 Å². The monoisotopic (exact) mass is 222 g/mol. The van der Waals surface area contributed by atoms with Crippen molar-refractivity contribution in [2.24, 2.45) is 0 Å². The van der Waals surface area contributed by atoms with E-state index in [1.165, 1.54) is 0 Å². The molecule has 0 saturated heterocycles. The van der Waals surface area contributed by atoms with Gasteiger partial charge in [0.05, 0.1) is 6.61 Å². The van der Waals surface area contributed by atoms with Gasteiger partial charge in [-0.1, -0.05) is 6.58 Å². The Bertz CT molecular complexity index is 254. The van der Waals surface area contributed by atoms with Crippen molar-refractivity contribution in [3.05, 3.63) is 12.2 Å². The molecule has 0 rings (SSSR count). The maximum Gasteiger partial charge on any atom is 0.469 e. The molecule has 0 aliphatic heterocycles. The van der Waals surface area contributed by atoms with Gasteiger partial charge in [-0.05, 0) is 25.3 Å². The zero-order valence-electron chi connectivity index (χ0n) is 8.10. The minimum absolute atomic E-state index is 0.0267. The zero-order chi connectivity index (χ0) is 11.2. The molecule has 2 N–H and O–H groups in total. The smallest absolute Gasteiger partial charge is 0.303 e. The van der Waals surface area contributed by atoms with Gasteiger partial charge < -0.3 is 9.79 Å². The summed E-state index contributed by atoms with van der Waals surface area (Å²) in [6.45, 7) is 5.09. The summed E-state index contributed by atoms with van der Waals surface area (Å²) in [5.41, 5.74) is 0.501. The SMILES string of the molecule is C=C(C)C(=O)CCCCOP(=O)(O)O. The predicted octanol–water partition coefficient (Wildman–Crippen LogP) is 1.41. The lowest BCUT2D eigenvalue weighted by molar-refractivity contribution is -0.115. The van der Waals surface area contributed by atoms with Crippen LogP contribution in [0.1, 0.15) is 26.2 Å². The van der Waals surface area contributed by atoms with Gasteiger partial charge in [0.15, 0.2) is 5.78 Å². The van der Waals surface area contributed by atoms with E-state index in [4.69, 9.17) is 9.79 Å². The second kappa shape index (κ2) is 6.09. The second-order valence-corrected chi connectivity index (χ2v) is 4.22. The number of hydrogen-bond acceptors (Lipinski definition) is 3. The van der Waals surface area contributed by atoms with Crippen LogP contribution in [0.5, 0.6) is 0 Å². The van der Waals surface area contributed by atoms with E-state index in [-0.39, 0.29) is 12.4 Å². The third-order valence-electron chi connectivity index (χ3n) is 1.53. The molecular weight excluding hydrogens is 207 g/mol. The Morgan fingerprint density at radius 2 is 2.00 bits per heavy atom. The van der Waals surface area contributed by atoms with Crippen LogP contribution in [0.25, 0.3) is 0 Å². The van der Waals surface area contributed by atoms with Crippen LogP contribution in [0, 0.1) is 0 Å². The standard InChI is InChI=1S/C8H15O5P/c1-7(2)8(9)5-3-4-6-13-14(10,11)12/h1,3-6H2,2H3,(H2,10,11,12). The molecule has 0 aliphatic rings. The van der Waals surface area contributed by atoms with Gasteiger partial charge in [-0.15, -0.1) is 0 Å². The van der Waals surface area contributed by atoms with Crippen LogP contribution in [0.15, 0.2) is 12.2 Å². The number of carbonyl (C=O) groups is 1. The molecule has 0 radical (unpaired) electrons. The lowest BCUT2D eigenvalue weighted by atomic mass is 10.1. The lowest BCUT2D eigenvalue weighted by Gasteiger charge is -2.04. The minimum atomic E-state index is -4.35. The quantitative estimate of drug-likeness (QED) is 0.386. The summed E-state index contributed by atoms with van der Waals surface area (Å²) in [5.74, 6) is -0.0267. The highest BCUT2D eigenvalue weighted by atomic mass is 31.2. The number of ketones is 1. The molecule has 0 heterocycles. The number of rotatable bonds is 7. The third kappa shape index (κ3) is 8.13. The number of Topliss-reactive ketones (excluding diaryl/α,β-unsaturated/α-hetero) is 1. The van der Waals surface area contributed by atoms with Crippen molar-refractivity contribution in [2.75, 3.05) is 6.61 Å². The first-order valence-corrected chi connectivity index (χ1v) is 5.75. The molecule has 0 aliphatic carbocycles. The highest BCUT2D eigenvalue weighted by Crippen LogP contribution is 2.35. The molecule has 0 amide bonds. The van der Waals surface area contributed by atoms with E-state index in [9.17, 15) is 9.36 Å². The molecule has 14 heavy (non-hydrogen) atoms. The van der Waals surface area contributed by atoms with Crippen molar-refractivity contribution < 1.29 is 23.7 Å². The van der Waals surface area contributed by atoms with Crippen molar-refractivity contribution in [1.29, 1.82) is 0 Å². The number of phosphoric ester groups is 1. The zero-order valence-corrected chi connectivity index (χ0v) is 9.00. The average Bonchev–Trinajstić information content (AvgIpc) is 2.01. The summed E-state index contributed by atoms with van der Waals surface area (Å²) in [6, 6.07) is 0. The minimum Gasteiger partial charge on any atom is -0.303 e. The van der Waals surface area contributed by atoms with Crippen LogP contribution in [-0.4, -0.2) is 22.2 Å². The summed E-state index contributed by atoms with van der Waals surface area (Å²) in [7, 11) is -4.35. The highest BCUT2D eigenvalue weighted by molar-refractivity contribution is 7.46. The maximum absolute atomic E-state index is 11.0. The Balaban J connectivity index is 3.44. The fraction of sp³-hybridized carbons (Fsp3) is 0.625. The summed E-state index contributed by atoms with van der Waals surface area (Å²) >= 11 is 0. The summed E-state index contributed by atoms with van der Waals surface area (Å²) in [5, 5.41) is 0. The summed E-state index contributed by atoms with van der Waals surface area (Å²) in [4.78, 5) is 27.7. The van der Waals surface area contributed by atoms with Crippen LogP contribution < -0.4 is 0 Å². The Labute approximate surface area is 83.0 Å². The van der Waals surface area contributed by atoms with Crippen molar-refractivity contribution in [3.63, 3.8) is 0 Å². The molecule has 5 nitrogen and oxygen atoms in total. The molecule has 0 bridgehead atoms. The van der Waals surface area contributed by atoms with E-state index >= 15 is 0 Å². The van der Waals surface area contributed by atoms with Crippen LogP contribution in [0.2, 0.25) is 0 Å². The van der Waals surface area contributed by atoms with Crippen LogP contribution in [0.4, 0.5) is 0 Å². The largest absolute Gasteiger partial charge is 0.469 e. The van der Waals surface area contributed by atoms with E-state index in [1.54, 1.807) is 6.92 Å². The lowest BCUT2D eigenvalue weighted by Crippen LogP contribution is -1.99. The van der Waals surface area contributed by atoms with Gasteiger partial charge in [-0.3, -0.25) is 9.32 Å². The first-order chi connectivity index (χ1) is 6.33. The van der Waals surface area contributed by atoms with Crippen LogP contribution in [0.3, 0.4) is 0 Å². The third-order valence-corrected chi connectivity index (χ3v) is 2.05. The van der Waals surface area contributed by atoms with E-state index in [2.05, 4.69) is 11.1 Å². The molecule has 0 aromatic heterocycles. The van der Waals surface area contributed by atoms with E-state index < -0.39 is 7.82 Å². The van der Waals surface area contributed by atoms with Gasteiger partial charge >= 0.3 is 7.82 Å².